The van der Waals surface area contributed by atoms with Gasteiger partial charge in [-0.25, -0.2) is 4.98 Å². The lowest BCUT2D eigenvalue weighted by molar-refractivity contribution is -0.143. The fourth-order valence-corrected chi connectivity index (χ4v) is 7.87. The Morgan fingerprint density at radius 1 is 1.07 bits per heavy atom. The van der Waals surface area contributed by atoms with Crippen molar-refractivity contribution in [3.63, 3.8) is 0 Å². The Morgan fingerprint density at radius 3 is 2.45 bits per heavy atom. The van der Waals surface area contributed by atoms with Crippen LogP contribution < -0.4 is 15.4 Å². The first kappa shape index (κ1) is 29.1. The molecule has 6 rings (SSSR count). The van der Waals surface area contributed by atoms with Crippen LogP contribution in [0.4, 0.5) is 24.9 Å². The van der Waals surface area contributed by atoms with Crippen LogP contribution in [0.5, 0.6) is 0 Å². The molecule has 0 bridgehead atoms. The average Bonchev–Trinajstić information content (AvgIpc) is 3.56. The van der Waals surface area contributed by atoms with Crippen molar-refractivity contribution in [1.82, 2.24) is 24.1 Å². The lowest BCUT2D eigenvalue weighted by Crippen LogP contribution is -2.61. The van der Waals surface area contributed by atoms with Gasteiger partial charge < -0.3 is 15.2 Å². The minimum absolute atomic E-state index is 0.0780. The Bertz CT molecular complexity index is 1600. The number of rotatable bonds is 5. The van der Waals surface area contributed by atoms with E-state index in [2.05, 4.69) is 43.9 Å². The van der Waals surface area contributed by atoms with E-state index < -0.39 is 28.0 Å². The molecule has 4 heterocycles. The number of hydrogen-bond donors (Lipinski definition) is 2. The van der Waals surface area contributed by atoms with Crippen LogP contribution in [0.3, 0.4) is 0 Å². The molecule has 2 aliphatic rings. The van der Waals surface area contributed by atoms with Gasteiger partial charge in [-0.2, -0.15) is 18.2 Å². The molecule has 1 spiro atoms. The number of halogens is 3. The number of nitrogens with two attached hydrogens (primary N) is 1. The van der Waals surface area contributed by atoms with Gasteiger partial charge in [-0.3, -0.25) is 9.38 Å². The number of pyridine rings is 1. The molecular weight excluding hydrogens is 583 g/mol. The summed E-state index contributed by atoms with van der Waals surface area (Å²) >= 11 is -0.443. The van der Waals surface area contributed by atoms with Crippen molar-refractivity contribution < 1.29 is 17.7 Å². The molecule has 2 unspecified atom stereocenters. The van der Waals surface area contributed by atoms with Gasteiger partial charge in [-0.15, -0.1) is 4.72 Å². The molecule has 1 aromatic carbocycles. The van der Waals surface area contributed by atoms with Crippen LogP contribution in [-0.4, -0.2) is 47.8 Å². The number of piperidine rings is 1. The largest absolute Gasteiger partial charge is 0.598 e. The van der Waals surface area contributed by atoms with Crippen molar-refractivity contribution in [1.29, 1.82) is 0 Å². The number of anilines is 2. The fraction of sp³-hybridized carbons (Fsp3) is 0.414. The first-order valence-electron chi connectivity index (χ1n) is 13.7. The SMILES string of the molecule is CC(C)(C)[S+]([O-])NC1CN(c2nc(N)c(Sc3cccnc3C(F)(F)F)c3nccn23)CCC12Cc1ccccc1C2. The monoisotopic (exact) mass is 615 g/mol. The van der Waals surface area contributed by atoms with Gasteiger partial charge in [0.05, 0.1) is 10.9 Å². The molecule has 1 aliphatic heterocycles. The average molecular weight is 616 g/mol. The molecule has 4 aromatic rings. The maximum Gasteiger partial charge on any atom is 0.434 e. The van der Waals surface area contributed by atoms with Crippen LogP contribution in [0.15, 0.2) is 64.8 Å². The van der Waals surface area contributed by atoms with Gasteiger partial charge in [-0.1, -0.05) is 36.0 Å². The van der Waals surface area contributed by atoms with Crippen molar-refractivity contribution in [2.45, 2.75) is 66.8 Å². The Hall–Kier alpha value is -3.00. The summed E-state index contributed by atoms with van der Waals surface area (Å²) in [4.78, 5) is 15.1. The molecule has 1 aliphatic carbocycles. The number of nitrogens with zero attached hydrogens (tertiary/aromatic N) is 5. The molecule has 1 fully saturated rings. The zero-order chi connectivity index (χ0) is 29.9. The molecule has 222 valence electrons. The molecule has 3 N–H and O–H groups in total. The molecule has 42 heavy (non-hydrogen) atoms. The summed E-state index contributed by atoms with van der Waals surface area (Å²) in [6.07, 6.45) is 2.45. The van der Waals surface area contributed by atoms with Gasteiger partial charge in [0.25, 0.3) is 0 Å². The number of benzene rings is 1. The zero-order valence-corrected chi connectivity index (χ0v) is 25.1. The van der Waals surface area contributed by atoms with Gasteiger partial charge in [0.1, 0.15) is 10.6 Å². The number of aromatic nitrogens is 4. The standard InChI is InChI=1S/C29H32F3N7OS2/c1-27(2,3)42(40)37-21-17-38(13-10-28(21)15-18-7-4-5-8-19(18)16-28)26-36-24(33)22(25-35-12-14-39(25)26)41-20-9-6-11-34-23(20)29(30,31)32/h4-9,11-12,14,21,37H,10,13,15-17,33H2,1-3H3. The van der Waals surface area contributed by atoms with Gasteiger partial charge in [0.15, 0.2) is 11.3 Å². The zero-order valence-electron chi connectivity index (χ0n) is 23.5. The van der Waals surface area contributed by atoms with Gasteiger partial charge >= 0.3 is 6.18 Å². The van der Waals surface area contributed by atoms with E-state index in [4.69, 9.17) is 10.7 Å². The Kier molecular flexibility index (Phi) is 7.35. The summed E-state index contributed by atoms with van der Waals surface area (Å²) < 4.78 is 59.1. The van der Waals surface area contributed by atoms with Crippen LogP contribution in [0, 0.1) is 5.41 Å². The summed E-state index contributed by atoms with van der Waals surface area (Å²) in [5, 5.41) is 0. The minimum Gasteiger partial charge on any atom is -0.598 e. The highest BCUT2D eigenvalue weighted by molar-refractivity contribution is 7.99. The summed E-state index contributed by atoms with van der Waals surface area (Å²) in [6.45, 7) is 7.07. The topological polar surface area (TPSA) is 107 Å². The van der Waals surface area contributed by atoms with Crippen molar-refractivity contribution in [3.05, 3.63) is 71.8 Å². The highest BCUT2D eigenvalue weighted by Gasteiger charge is 2.50. The van der Waals surface area contributed by atoms with E-state index in [9.17, 15) is 17.7 Å². The Balaban J connectivity index is 1.34. The third-order valence-corrected chi connectivity index (χ3v) is 10.8. The van der Waals surface area contributed by atoms with Crippen molar-refractivity contribution in [2.75, 3.05) is 23.7 Å². The molecule has 0 radical (unpaired) electrons. The summed E-state index contributed by atoms with van der Waals surface area (Å²) in [5.74, 6) is 0.632. The van der Waals surface area contributed by atoms with E-state index in [0.29, 0.717) is 29.6 Å². The second-order valence-electron chi connectivity index (χ2n) is 11.9. The van der Waals surface area contributed by atoms with Crippen molar-refractivity contribution in [3.8, 4) is 0 Å². The van der Waals surface area contributed by atoms with Gasteiger partial charge in [-0.05, 0) is 63.3 Å². The highest BCUT2D eigenvalue weighted by atomic mass is 32.2. The first-order valence-corrected chi connectivity index (χ1v) is 15.6. The van der Waals surface area contributed by atoms with Crippen LogP contribution in [-0.2, 0) is 30.4 Å². The quantitative estimate of drug-likeness (QED) is 0.292. The molecule has 0 amide bonds. The number of imidazole rings is 1. The van der Waals surface area contributed by atoms with E-state index in [1.165, 1.54) is 23.3 Å². The summed E-state index contributed by atoms with van der Waals surface area (Å²) in [5.41, 5.74) is 8.41. The Morgan fingerprint density at radius 2 is 1.79 bits per heavy atom. The molecule has 2 atom stereocenters. The molecule has 0 saturated carbocycles. The highest BCUT2D eigenvalue weighted by Crippen LogP contribution is 2.47. The number of hydrogen-bond acceptors (Lipinski definition) is 8. The normalized spacial score (nSPS) is 19.4. The summed E-state index contributed by atoms with van der Waals surface area (Å²) in [7, 11) is 0. The Labute approximate surface area is 249 Å². The molecule has 1 saturated heterocycles. The van der Waals surface area contributed by atoms with Crippen molar-refractivity contribution >= 4 is 40.5 Å². The van der Waals surface area contributed by atoms with E-state index in [1.54, 1.807) is 16.8 Å². The van der Waals surface area contributed by atoms with Crippen LogP contribution in [0.25, 0.3) is 5.65 Å². The molecule has 3 aromatic heterocycles. The fourth-order valence-electron chi connectivity index (χ4n) is 5.91. The summed E-state index contributed by atoms with van der Waals surface area (Å²) in [6, 6.07) is 11.2. The third kappa shape index (κ3) is 5.31. The van der Waals surface area contributed by atoms with E-state index in [1.807, 2.05) is 20.8 Å². The van der Waals surface area contributed by atoms with Gasteiger partial charge in [0, 0.05) is 53.4 Å². The maximum atomic E-state index is 13.6. The minimum atomic E-state index is -4.61. The molecule has 13 heteroatoms. The molecule has 8 nitrogen and oxygen atoms in total. The predicted octanol–water partition coefficient (Wildman–Crippen LogP) is 5.29. The van der Waals surface area contributed by atoms with E-state index in [0.717, 1.165) is 37.2 Å². The van der Waals surface area contributed by atoms with Crippen molar-refractivity contribution in [2.24, 2.45) is 5.41 Å². The van der Waals surface area contributed by atoms with E-state index in [-0.39, 0.29) is 22.2 Å². The number of alkyl halides is 3. The first-order chi connectivity index (χ1) is 19.9. The second-order valence-corrected chi connectivity index (χ2v) is 15.0. The van der Waals surface area contributed by atoms with E-state index >= 15 is 0 Å². The van der Waals surface area contributed by atoms with Crippen LogP contribution >= 0.6 is 11.8 Å². The number of nitrogens with one attached hydrogen (secondary N) is 1. The maximum absolute atomic E-state index is 13.6. The van der Waals surface area contributed by atoms with Crippen LogP contribution in [0.2, 0.25) is 0 Å². The number of nitrogen functional groups attached to an aromatic ring is 1. The lowest BCUT2D eigenvalue weighted by atomic mass is 9.72. The third-order valence-electron chi connectivity index (χ3n) is 8.08. The predicted molar refractivity (Wildman–Crippen MR) is 159 cm³/mol. The number of fused-ring (bicyclic) bond motifs is 2. The lowest BCUT2D eigenvalue weighted by Gasteiger charge is -2.46. The van der Waals surface area contributed by atoms with Crippen LogP contribution in [0.1, 0.15) is 44.0 Å². The molecular formula is C29H32F3N7OS2. The second kappa shape index (κ2) is 10.6. The smallest absolute Gasteiger partial charge is 0.434 e. The van der Waals surface area contributed by atoms with Gasteiger partial charge in [0.2, 0.25) is 5.95 Å².